The molecule has 1 aromatic carbocycles. The van der Waals surface area contributed by atoms with Crippen LogP contribution in [0.5, 0.6) is 5.75 Å². The fourth-order valence-corrected chi connectivity index (χ4v) is 2.85. The van der Waals surface area contributed by atoms with E-state index in [-0.39, 0.29) is 0 Å². The molecule has 0 amide bonds. The van der Waals surface area contributed by atoms with Gasteiger partial charge in [-0.15, -0.1) is 0 Å². The normalized spacial score (nSPS) is 19.9. The first-order chi connectivity index (χ1) is 8.80. The minimum absolute atomic E-state index is 0.590. The van der Waals surface area contributed by atoms with Crippen LogP contribution in [0.4, 0.5) is 5.69 Å². The van der Waals surface area contributed by atoms with E-state index in [1.54, 1.807) is 7.11 Å². The van der Waals surface area contributed by atoms with Gasteiger partial charge in [0.2, 0.25) is 0 Å². The van der Waals surface area contributed by atoms with E-state index in [0.717, 1.165) is 12.3 Å². The number of nitrogens with two attached hydrogens (primary N) is 1. The van der Waals surface area contributed by atoms with Gasteiger partial charge in [-0.25, -0.2) is 0 Å². The van der Waals surface area contributed by atoms with Crippen molar-refractivity contribution < 1.29 is 4.74 Å². The zero-order valence-electron chi connectivity index (χ0n) is 11.5. The van der Waals surface area contributed by atoms with Crippen LogP contribution in [0.1, 0.15) is 38.2 Å². The molecule has 1 unspecified atom stereocenters. The number of ether oxygens (including phenoxy) is 1. The van der Waals surface area contributed by atoms with Crippen molar-refractivity contribution in [1.29, 1.82) is 0 Å². The van der Waals surface area contributed by atoms with Gasteiger partial charge in [-0.2, -0.15) is 0 Å². The Kier molecular flexibility index (Phi) is 4.48. The Morgan fingerprint density at radius 1 is 1.39 bits per heavy atom. The van der Waals surface area contributed by atoms with Crippen LogP contribution in [-0.2, 0) is 6.54 Å². The number of rotatable bonds is 4. The molecule has 0 bridgehead atoms. The Balaban J connectivity index is 2.34. The summed E-state index contributed by atoms with van der Waals surface area (Å²) in [5.74, 6) is 0.919. The zero-order chi connectivity index (χ0) is 13.0. The van der Waals surface area contributed by atoms with Crippen LogP contribution in [0.2, 0.25) is 0 Å². The molecular formula is C15H24N2O. The number of hydrogen-bond donors (Lipinski definition) is 1. The smallest absolute Gasteiger partial charge is 0.120 e. The van der Waals surface area contributed by atoms with Crippen LogP contribution in [-0.4, -0.2) is 19.7 Å². The summed E-state index contributed by atoms with van der Waals surface area (Å²) in [7, 11) is 1.72. The predicted molar refractivity (Wildman–Crippen MR) is 76.2 cm³/mol. The third kappa shape index (κ3) is 2.61. The van der Waals surface area contributed by atoms with Crippen LogP contribution in [0.25, 0.3) is 0 Å². The fourth-order valence-electron chi connectivity index (χ4n) is 2.85. The van der Waals surface area contributed by atoms with Gasteiger partial charge < -0.3 is 15.4 Å². The van der Waals surface area contributed by atoms with Crippen LogP contribution in [0.15, 0.2) is 18.2 Å². The molecule has 2 N–H and O–H groups in total. The second kappa shape index (κ2) is 6.10. The predicted octanol–water partition coefficient (Wildman–Crippen LogP) is 2.92. The molecule has 3 heteroatoms. The molecule has 1 heterocycles. The van der Waals surface area contributed by atoms with Crippen molar-refractivity contribution in [3.05, 3.63) is 23.8 Å². The second-order valence-electron chi connectivity index (χ2n) is 4.95. The summed E-state index contributed by atoms with van der Waals surface area (Å²) in [5.41, 5.74) is 8.35. The summed E-state index contributed by atoms with van der Waals surface area (Å²) in [6.07, 6.45) is 5.10. The summed E-state index contributed by atoms with van der Waals surface area (Å²) in [4.78, 5) is 2.52. The van der Waals surface area contributed by atoms with Gasteiger partial charge in [0, 0.05) is 30.9 Å². The van der Waals surface area contributed by atoms with Gasteiger partial charge in [0.05, 0.1) is 7.11 Å². The summed E-state index contributed by atoms with van der Waals surface area (Å²) in [6, 6.07) is 6.87. The molecular weight excluding hydrogens is 224 g/mol. The number of nitrogens with zero attached hydrogens (tertiary/aromatic N) is 1. The van der Waals surface area contributed by atoms with Gasteiger partial charge >= 0.3 is 0 Å². The van der Waals surface area contributed by atoms with Crippen molar-refractivity contribution in [1.82, 2.24) is 0 Å². The average molecular weight is 248 g/mol. The topological polar surface area (TPSA) is 38.5 Å². The van der Waals surface area contributed by atoms with E-state index in [9.17, 15) is 0 Å². The van der Waals surface area contributed by atoms with E-state index in [2.05, 4.69) is 24.0 Å². The van der Waals surface area contributed by atoms with Crippen molar-refractivity contribution in [2.24, 2.45) is 5.73 Å². The van der Waals surface area contributed by atoms with E-state index in [4.69, 9.17) is 10.5 Å². The Morgan fingerprint density at radius 3 is 2.89 bits per heavy atom. The van der Waals surface area contributed by atoms with Gasteiger partial charge in [-0.3, -0.25) is 0 Å². The highest BCUT2D eigenvalue weighted by atomic mass is 16.5. The molecule has 2 rings (SSSR count). The Morgan fingerprint density at radius 2 is 2.22 bits per heavy atom. The maximum absolute atomic E-state index is 5.87. The van der Waals surface area contributed by atoms with Gasteiger partial charge in [-0.1, -0.05) is 13.0 Å². The van der Waals surface area contributed by atoms with E-state index < -0.39 is 0 Å². The minimum atomic E-state index is 0.590. The van der Waals surface area contributed by atoms with Crippen molar-refractivity contribution in [2.75, 3.05) is 18.6 Å². The fraction of sp³-hybridized carbons (Fsp3) is 0.600. The third-order valence-corrected chi connectivity index (χ3v) is 3.92. The van der Waals surface area contributed by atoms with Crippen molar-refractivity contribution in [3.63, 3.8) is 0 Å². The molecule has 100 valence electrons. The molecule has 0 aliphatic carbocycles. The molecule has 1 atom stereocenters. The average Bonchev–Trinajstić information content (AvgIpc) is 2.46. The highest BCUT2D eigenvalue weighted by Gasteiger charge is 2.23. The van der Waals surface area contributed by atoms with Crippen LogP contribution < -0.4 is 15.4 Å². The second-order valence-corrected chi connectivity index (χ2v) is 4.95. The molecule has 1 fully saturated rings. The molecule has 1 saturated heterocycles. The summed E-state index contributed by atoms with van der Waals surface area (Å²) in [5, 5.41) is 0. The van der Waals surface area contributed by atoms with Crippen LogP contribution in [0, 0.1) is 0 Å². The molecule has 0 radical (unpaired) electrons. The number of hydrogen-bond acceptors (Lipinski definition) is 3. The van der Waals surface area contributed by atoms with Crippen LogP contribution >= 0.6 is 0 Å². The quantitative estimate of drug-likeness (QED) is 0.890. The summed E-state index contributed by atoms with van der Waals surface area (Å²) >= 11 is 0. The molecule has 0 aromatic heterocycles. The lowest BCUT2D eigenvalue weighted by Gasteiger charge is -2.38. The Hall–Kier alpha value is -1.22. The monoisotopic (exact) mass is 248 g/mol. The molecule has 1 aliphatic rings. The lowest BCUT2D eigenvalue weighted by molar-refractivity contribution is 0.412. The first-order valence-electron chi connectivity index (χ1n) is 6.93. The lowest BCUT2D eigenvalue weighted by Crippen LogP contribution is -2.39. The first-order valence-corrected chi connectivity index (χ1v) is 6.93. The highest BCUT2D eigenvalue weighted by molar-refractivity contribution is 5.58. The third-order valence-electron chi connectivity index (χ3n) is 3.92. The highest BCUT2D eigenvalue weighted by Crippen LogP contribution is 2.32. The summed E-state index contributed by atoms with van der Waals surface area (Å²) < 4.78 is 5.35. The summed E-state index contributed by atoms with van der Waals surface area (Å²) in [6.45, 7) is 4.00. The Bertz CT molecular complexity index is 392. The molecule has 1 aromatic rings. The number of piperidine rings is 1. The van der Waals surface area contributed by atoms with Gasteiger partial charge in [-0.05, 0) is 37.3 Å². The van der Waals surface area contributed by atoms with E-state index in [1.165, 1.54) is 36.9 Å². The number of methoxy groups -OCH3 is 1. The molecule has 3 nitrogen and oxygen atoms in total. The lowest BCUT2D eigenvalue weighted by atomic mass is 9.98. The van der Waals surface area contributed by atoms with E-state index >= 15 is 0 Å². The standard InChI is InChI=1S/C15H24N2O/c1-3-13-6-4-5-9-17(13)15-10-14(18-2)8-7-12(15)11-16/h7-8,10,13H,3-6,9,11,16H2,1-2H3. The van der Waals surface area contributed by atoms with Crippen LogP contribution in [0.3, 0.4) is 0 Å². The van der Waals surface area contributed by atoms with Crippen molar-refractivity contribution in [2.45, 2.75) is 45.2 Å². The van der Waals surface area contributed by atoms with E-state index in [1.807, 2.05) is 6.07 Å². The molecule has 0 spiro atoms. The SMILES string of the molecule is CCC1CCCCN1c1cc(OC)ccc1CN. The van der Waals surface area contributed by atoms with Gasteiger partial charge in [0.1, 0.15) is 5.75 Å². The van der Waals surface area contributed by atoms with Crippen molar-refractivity contribution >= 4 is 5.69 Å². The minimum Gasteiger partial charge on any atom is -0.497 e. The van der Waals surface area contributed by atoms with E-state index in [0.29, 0.717) is 12.6 Å². The maximum Gasteiger partial charge on any atom is 0.120 e. The maximum atomic E-state index is 5.87. The van der Waals surface area contributed by atoms with Gasteiger partial charge in [0.15, 0.2) is 0 Å². The molecule has 0 saturated carbocycles. The molecule has 18 heavy (non-hydrogen) atoms. The number of benzene rings is 1. The van der Waals surface area contributed by atoms with Crippen molar-refractivity contribution in [3.8, 4) is 5.75 Å². The Labute approximate surface area is 110 Å². The van der Waals surface area contributed by atoms with Gasteiger partial charge in [0.25, 0.3) is 0 Å². The molecule has 1 aliphatic heterocycles. The largest absolute Gasteiger partial charge is 0.497 e. The first kappa shape index (κ1) is 13.2. The number of anilines is 1. The zero-order valence-corrected chi connectivity index (χ0v) is 11.5.